The number of ether oxygens (including phenoxy) is 1. The van der Waals surface area contributed by atoms with Crippen LogP contribution in [0.2, 0.25) is 0 Å². The minimum atomic E-state index is -0.554. The maximum Gasteiger partial charge on any atom is 0.257 e. The van der Waals surface area contributed by atoms with Gasteiger partial charge in [-0.25, -0.2) is 4.39 Å². The molecular formula is C20H21FN2O3. The first-order chi connectivity index (χ1) is 12.5. The lowest BCUT2D eigenvalue weighted by Gasteiger charge is -2.34. The zero-order valence-electron chi connectivity index (χ0n) is 14.9. The van der Waals surface area contributed by atoms with Gasteiger partial charge in [0.05, 0.1) is 12.7 Å². The number of benzene rings is 2. The molecule has 0 bridgehead atoms. The molecule has 0 spiro atoms. The van der Waals surface area contributed by atoms with E-state index in [0.717, 1.165) is 16.9 Å². The molecule has 0 radical (unpaired) electrons. The van der Waals surface area contributed by atoms with Gasteiger partial charge in [0.15, 0.2) is 0 Å². The van der Waals surface area contributed by atoms with Gasteiger partial charge in [-0.3, -0.25) is 9.59 Å². The van der Waals surface area contributed by atoms with Crippen LogP contribution in [0.5, 0.6) is 5.75 Å². The van der Waals surface area contributed by atoms with Gasteiger partial charge in [0.1, 0.15) is 18.1 Å². The van der Waals surface area contributed by atoms with Crippen LogP contribution in [-0.2, 0) is 11.3 Å². The Morgan fingerprint density at radius 1 is 1.19 bits per heavy atom. The van der Waals surface area contributed by atoms with Crippen molar-refractivity contribution in [1.82, 2.24) is 9.80 Å². The van der Waals surface area contributed by atoms with E-state index in [4.69, 9.17) is 4.74 Å². The summed E-state index contributed by atoms with van der Waals surface area (Å²) in [7, 11) is 1.60. The number of aryl methyl sites for hydroxylation is 1. The molecule has 26 heavy (non-hydrogen) atoms. The zero-order valence-corrected chi connectivity index (χ0v) is 14.9. The van der Waals surface area contributed by atoms with Gasteiger partial charge in [-0.05, 0) is 42.3 Å². The first-order valence-corrected chi connectivity index (χ1v) is 8.44. The molecule has 1 saturated heterocycles. The van der Waals surface area contributed by atoms with Gasteiger partial charge < -0.3 is 14.5 Å². The minimum absolute atomic E-state index is 0.00430. The van der Waals surface area contributed by atoms with E-state index in [-0.39, 0.29) is 18.0 Å². The summed E-state index contributed by atoms with van der Waals surface area (Å²) in [5, 5.41) is 0. The van der Waals surface area contributed by atoms with Gasteiger partial charge in [0.25, 0.3) is 5.91 Å². The van der Waals surface area contributed by atoms with Crippen molar-refractivity contribution in [3.05, 3.63) is 65.0 Å². The standard InChI is InChI=1S/C20H21FN2O3/c1-14-6-7-17(18(21)10-14)20(25)23-9-8-22(19(24)13-23)12-15-4-3-5-16(11-15)26-2/h3-7,10-11H,8-9,12-13H2,1-2H3. The molecule has 136 valence electrons. The summed E-state index contributed by atoms with van der Waals surface area (Å²) < 4.78 is 19.2. The van der Waals surface area contributed by atoms with Crippen molar-refractivity contribution >= 4 is 11.8 Å². The van der Waals surface area contributed by atoms with Crippen LogP contribution >= 0.6 is 0 Å². The van der Waals surface area contributed by atoms with Crippen LogP contribution < -0.4 is 4.74 Å². The van der Waals surface area contributed by atoms with Gasteiger partial charge in [-0.15, -0.1) is 0 Å². The molecule has 0 saturated carbocycles. The largest absolute Gasteiger partial charge is 0.497 e. The number of piperazine rings is 1. The van der Waals surface area contributed by atoms with Crippen LogP contribution in [0.25, 0.3) is 0 Å². The van der Waals surface area contributed by atoms with E-state index < -0.39 is 11.7 Å². The van der Waals surface area contributed by atoms with Gasteiger partial charge in [0, 0.05) is 19.6 Å². The van der Waals surface area contributed by atoms with Crippen molar-refractivity contribution in [2.45, 2.75) is 13.5 Å². The normalized spacial score (nSPS) is 14.5. The van der Waals surface area contributed by atoms with Crippen LogP contribution in [0.3, 0.4) is 0 Å². The van der Waals surface area contributed by atoms with Crippen molar-refractivity contribution < 1.29 is 18.7 Å². The number of carbonyl (C=O) groups excluding carboxylic acids is 2. The molecule has 1 aliphatic rings. The molecule has 5 nitrogen and oxygen atoms in total. The fourth-order valence-electron chi connectivity index (χ4n) is 3.00. The molecular weight excluding hydrogens is 335 g/mol. The zero-order chi connectivity index (χ0) is 18.7. The third-order valence-electron chi connectivity index (χ3n) is 4.47. The number of rotatable bonds is 4. The number of hydrogen-bond acceptors (Lipinski definition) is 3. The maximum atomic E-state index is 14.0. The summed E-state index contributed by atoms with van der Waals surface area (Å²) in [6, 6.07) is 12.0. The van der Waals surface area contributed by atoms with Crippen molar-refractivity contribution in [3.8, 4) is 5.75 Å². The molecule has 1 heterocycles. The summed E-state index contributed by atoms with van der Waals surface area (Å²) in [5.74, 6) is -0.420. The molecule has 1 aliphatic heterocycles. The molecule has 0 atom stereocenters. The molecule has 2 aromatic rings. The number of halogens is 1. The average molecular weight is 356 g/mol. The lowest BCUT2D eigenvalue weighted by Crippen LogP contribution is -2.51. The van der Waals surface area contributed by atoms with E-state index in [1.165, 1.54) is 17.0 Å². The minimum Gasteiger partial charge on any atom is -0.497 e. The lowest BCUT2D eigenvalue weighted by atomic mass is 10.1. The highest BCUT2D eigenvalue weighted by Crippen LogP contribution is 2.18. The van der Waals surface area contributed by atoms with Crippen LogP contribution in [0.15, 0.2) is 42.5 Å². The summed E-state index contributed by atoms with van der Waals surface area (Å²) >= 11 is 0. The Labute approximate surface area is 152 Å². The third kappa shape index (κ3) is 3.85. The van der Waals surface area contributed by atoms with Crippen LogP contribution in [-0.4, -0.2) is 48.4 Å². The van der Waals surface area contributed by atoms with E-state index >= 15 is 0 Å². The van der Waals surface area contributed by atoms with Crippen molar-refractivity contribution in [3.63, 3.8) is 0 Å². The van der Waals surface area contributed by atoms with Crippen molar-refractivity contribution in [2.24, 2.45) is 0 Å². The number of carbonyl (C=O) groups is 2. The highest BCUT2D eigenvalue weighted by atomic mass is 19.1. The second-order valence-corrected chi connectivity index (χ2v) is 6.38. The van der Waals surface area contributed by atoms with Crippen LogP contribution in [0, 0.1) is 12.7 Å². The second kappa shape index (κ2) is 7.56. The molecule has 2 aromatic carbocycles. The highest BCUT2D eigenvalue weighted by molar-refractivity contribution is 5.97. The lowest BCUT2D eigenvalue weighted by molar-refractivity contribution is -0.135. The summed E-state index contributed by atoms with van der Waals surface area (Å²) in [6.07, 6.45) is 0. The smallest absolute Gasteiger partial charge is 0.257 e. The number of hydrogen-bond donors (Lipinski definition) is 0. The Balaban J connectivity index is 1.66. The van der Waals surface area contributed by atoms with Crippen molar-refractivity contribution in [1.29, 1.82) is 0 Å². The number of methoxy groups -OCH3 is 1. The molecule has 0 aliphatic carbocycles. The first-order valence-electron chi connectivity index (χ1n) is 8.44. The van der Waals surface area contributed by atoms with E-state index in [2.05, 4.69) is 0 Å². The molecule has 6 heteroatoms. The summed E-state index contributed by atoms with van der Waals surface area (Å²) in [6.45, 7) is 2.96. The Morgan fingerprint density at radius 2 is 2.00 bits per heavy atom. The van der Waals surface area contributed by atoms with Gasteiger partial charge in [0.2, 0.25) is 5.91 Å². The third-order valence-corrected chi connectivity index (χ3v) is 4.47. The Hall–Kier alpha value is -2.89. The highest BCUT2D eigenvalue weighted by Gasteiger charge is 2.29. The van der Waals surface area contributed by atoms with Gasteiger partial charge >= 0.3 is 0 Å². The Bertz CT molecular complexity index is 838. The quantitative estimate of drug-likeness (QED) is 0.846. The fourth-order valence-corrected chi connectivity index (χ4v) is 3.00. The van der Waals surface area contributed by atoms with Crippen LogP contribution in [0.1, 0.15) is 21.5 Å². The molecule has 1 fully saturated rings. The topological polar surface area (TPSA) is 49.9 Å². The van der Waals surface area contributed by atoms with Crippen LogP contribution in [0.4, 0.5) is 4.39 Å². The Morgan fingerprint density at radius 3 is 2.69 bits per heavy atom. The second-order valence-electron chi connectivity index (χ2n) is 6.38. The van der Waals surface area contributed by atoms with E-state index in [9.17, 15) is 14.0 Å². The SMILES string of the molecule is COc1cccc(CN2CCN(C(=O)c3ccc(C)cc3F)CC2=O)c1. The van der Waals surface area contributed by atoms with E-state index in [1.54, 1.807) is 25.0 Å². The molecule has 3 rings (SSSR count). The van der Waals surface area contributed by atoms with Crippen molar-refractivity contribution in [2.75, 3.05) is 26.7 Å². The Kier molecular flexibility index (Phi) is 5.21. The monoisotopic (exact) mass is 356 g/mol. The molecule has 0 N–H and O–H groups in total. The summed E-state index contributed by atoms with van der Waals surface area (Å²) in [5.41, 5.74) is 1.71. The predicted octanol–water partition coefficient (Wildman–Crippen LogP) is 2.63. The van der Waals surface area contributed by atoms with Gasteiger partial charge in [-0.2, -0.15) is 0 Å². The number of nitrogens with zero attached hydrogens (tertiary/aromatic N) is 2. The fraction of sp³-hybridized carbons (Fsp3) is 0.300. The molecule has 2 amide bonds. The first kappa shape index (κ1) is 17.9. The number of amides is 2. The predicted molar refractivity (Wildman–Crippen MR) is 95.5 cm³/mol. The van der Waals surface area contributed by atoms with E-state index in [1.807, 2.05) is 24.3 Å². The maximum absolute atomic E-state index is 14.0. The van der Waals surface area contributed by atoms with E-state index in [0.29, 0.717) is 19.6 Å². The van der Waals surface area contributed by atoms with Gasteiger partial charge in [-0.1, -0.05) is 18.2 Å². The molecule has 0 aromatic heterocycles. The summed E-state index contributed by atoms with van der Waals surface area (Å²) in [4.78, 5) is 28.1. The molecule has 0 unspecified atom stereocenters. The average Bonchev–Trinajstić information content (AvgIpc) is 2.63.